The van der Waals surface area contributed by atoms with E-state index in [1.807, 2.05) is 36.4 Å². The summed E-state index contributed by atoms with van der Waals surface area (Å²) in [6, 6.07) is 14.5. The quantitative estimate of drug-likeness (QED) is 0.554. The van der Waals surface area contributed by atoms with Gasteiger partial charge in [0.2, 0.25) is 5.91 Å². The Balaban J connectivity index is 1.50. The van der Waals surface area contributed by atoms with Crippen molar-refractivity contribution in [1.29, 1.82) is 0 Å². The third-order valence-corrected chi connectivity index (χ3v) is 6.95. The molecule has 2 aliphatic rings. The summed E-state index contributed by atoms with van der Waals surface area (Å²) in [6.07, 6.45) is 2.71. The first-order valence-corrected chi connectivity index (χ1v) is 12.0. The maximum Gasteiger partial charge on any atom is 0.323 e. The maximum absolute atomic E-state index is 13.5. The minimum absolute atomic E-state index is 0.0321. The second-order valence-electron chi connectivity index (χ2n) is 9.25. The standard InChI is InChI=1S/C27H32N2O5/c1-3-34-27(33)25(22-12-18-8-4-5-9-19(18)13-22)28-17(2)26(32)29(16-24(30)31)23-14-20-10-6-7-11-21(20)15-23/h4-11,17,22-23,25,28H,3,12-16H2,1-2H3,(H,30,31)/t17-,25-/m0/s1. The van der Waals surface area contributed by atoms with E-state index in [-0.39, 0.29) is 37.0 Å². The van der Waals surface area contributed by atoms with Crippen molar-refractivity contribution in [3.63, 3.8) is 0 Å². The van der Waals surface area contributed by atoms with Gasteiger partial charge in [0.05, 0.1) is 12.6 Å². The molecule has 1 amide bonds. The maximum atomic E-state index is 13.5. The van der Waals surface area contributed by atoms with Crippen molar-refractivity contribution < 1.29 is 24.2 Å². The topological polar surface area (TPSA) is 95.9 Å². The predicted octanol–water partition coefficient (Wildman–Crippen LogP) is 2.39. The number of amides is 1. The van der Waals surface area contributed by atoms with Crippen molar-refractivity contribution in [3.8, 4) is 0 Å². The van der Waals surface area contributed by atoms with Crippen LogP contribution in [0.3, 0.4) is 0 Å². The van der Waals surface area contributed by atoms with Crippen LogP contribution >= 0.6 is 0 Å². The van der Waals surface area contributed by atoms with Crippen molar-refractivity contribution in [3.05, 3.63) is 70.8 Å². The summed E-state index contributed by atoms with van der Waals surface area (Å²) in [5.74, 6) is -1.77. The van der Waals surface area contributed by atoms with Gasteiger partial charge in [-0.15, -0.1) is 0 Å². The molecule has 34 heavy (non-hydrogen) atoms. The van der Waals surface area contributed by atoms with Gasteiger partial charge in [0.25, 0.3) is 0 Å². The van der Waals surface area contributed by atoms with Gasteiger partial charge < -0.3 is 14.7 Å². The monoisotopic (exact) mass is 464 g/mol. The lowest BCUT2D eigenvalue weighted by Crippen LogP contribution is -2.56. The molecule has 2 atom stereocenters. The van der Waals surface area contributed by atoms with Crippen molar-refractivity contribution in [2.75, 3.05) is 13.2 Å². The Morgan fingerprint density at radius 3 is 1.94 bits per heavy atom. The molecule has 0 unspecified atom stereocenters. The van der Waals surface area contributed by atoms with Crippen LogP contribution in [0.15, 0.2) is 48.5 Å². The van der Waals surface area contributed by atoms with Gasteiger partial charge in [-0.25, -0.2) is 0 Å². The lowest BCUT2D eigenvalue weighted by atomic mass is 9.95. The molecule has 0 radical (unpaired) electrons. The number of nitrogens with zero attached hydrogens (tertiary/aromatic N) is 1. The van der Waals surface area contributed by atoms with Gasteiger partial charge in [0.15, 0.2) is 0 Å². The predicted molar refractivity (Wildman–Crippen MR) is 127 cm³/mol. The third kappa shape index (κ3) is 5.14. The third-order valence-electron chi connectivity index (χ3n) is 6.95. The molecular weight excluding hydrogens is 432 g/mol. The fourth-order valence-electron chi connectivity index (χ4n) is 5.34. The Morgan fingerprint density at radius 1 is 0.971 bits per heavy atom. The van der Waals surface area contributed by atoms with Crippen LogP contribution in [0.5, 0.6) is 0 Å². The van der Waals surface area contributed by atoms with E-state index in [1.165, 1.54) is 16.0 Å². The number of benzene rings is 2. The summed E-state index contributed by atoms with van der Waals surface area (Å²) in [7, 11) is 0. The number of carbonyl (C=O) groups excluding carboxylic acids is 2. The van der Waals surface area contributed by atoms with E-state index in [0.717, 1.165) is 24.0 Å². The molecule has 2 N–H and O–H groups in total. The van der Waals surface area contributed by atoms with E-state index < -0.39 is 18.1 Å². The Labute approximate surface area is 200 Å². The van der Waals surface area contributed by atoms with Crippen LogP contribution in [0.1, 0.15) is 36.1 Å². The van der Waals surface area contributed by atoms with Crippen LogP contribution in [0.25, 0.3) is 0 Å². The zero-order valence-corrected chi connectivity index (χ0v) is 19.7. The summed E-state index contributed by atoms with van der Waals surface area (Å²) in [4.78, 5) is 39.5. The largest absolute Gasteiger partial charge is 0.480 e. The number of carboxylic acids is 1. The molecule has 4 rings (SSSR count). The van der Waals surface area contributed by atoms with E-state index in [2.05, 4.69) is 17.4 Å². The molecule has 0 fully saturated rings. The Bertz CT molecular complexity index is 1020. The molecule has 0 saturated heterocycles. The van der Waals surface area contributed by atoms with Gasteiger partial charge in [-0.1, -0.05) is 48.5 Å². The molecule has 7 nitrogen and oxygen atoms in total. The lowest BCUT2D eigenvalue weighted by molar-refractivity contribution is -0.150. The highest BCUT2D eigenvalue weighted by molar-refractivity contribution is 5.86. The molecule has 0 aromatic heterocycles. The van der Waals surface area contributed by atoms with E-state index in [0.29, 0.717) is 12.8 Å². The van der Waals surface area contributed by atoms with Gasteiger partial charge in [-0.2, -0.15) is 0 Å². The number of carbonyl (C=O) groups is 3. The molecular formula is C27H32N2O5. The van der Waals surface area contributed by atoms with Crippen molar-refractivity contribution >= 4 is 17.8 Å². The number of carboxylic acid groups (broad SMARTS) is 1. The molecule has 0 aliphatic heterocycles. The molecule has 2 aliphatic carbocycles. The Hall–Kier alpha value is -3.19. The number of esters is 1. The number of hydrogen-bond donors (Lipinski definition) is 2. The van der Waals surface area contributed by atoms with Crippen LogP contribution in [0.4, 0.5) is 0 Å². The average Bonchev–Trinajstić information content (AvgIpc) is 3.44. The first-order chi connectivity index (χ1) is 16.4. The van der Waals surface area contributed by atoms with Crippen molar-refractivity contribution in [2.45, 2.75) is 57.7 Å². The fraction of sp³-hybridized carbons (Fsp3) is 0.444. The Kier molecular flexibility index (Phi) is 7.32. The second-order valence-corrected chi connectivity index (χ2v) is 9.25. The van der Waals surface area contributed by atoms with Crippen molar-refractivity contribution in [2.24, 2.45) is 5.92 Å². The smallest absolute Gasteiger partial charge is 0.323 e. The molecule has 0 spiro atoms. The number of fused-ring (bicyclic) bond motifs is 2. The normalized spacial score (nSPS) is 17.0. The minimum atomic E-state index is -1.05. The number of rotatable bonds is 9. The van der Waals surface area contributed by atoms with Crippen LogP contribution in [-0.2, 0) is 44.8 Å². The molecule has 0 bridgehead atoms. The highest BCUT2D eigenvalue weighted by atomic mass is 16.5. The average molecular weight is 465 g/mol. The summed E-state index contributed by atoms with van der Waals surface area (Å²) in [5, 5.41) is 12.7. The zero-order chi connectivity index (χ0) is 24.2. The van der Waals surface area contributed by atoms with Crippen molar-refractivity contribution in [1.82, 2.24) is 10.2 Å². The summed E-state index contributed by atoms with van der Waals surface area (Å²) >= 11 is 0. The number of nitrogens with one attached hydrogen (secondary N) is 1. The summed E-state index contributed by atoms with van der Waals surface area (Å²) < 4.78 is 5.34. The van der Waals surface area contributed by atoms with E-state index in [1.54, 1.807) is 13.8 Å². The molecule has 2 aromatic rings. The van der Waals surface area contributed by atoms with E-state index in [9.17, 15) is 19.5 Å². The molecule has 0 saturated carbocycles. The molecule has 7 heteroatoms. The number of hydrogen-bond acceptors (Lipinski definition) is 5. The highest BCUT2D eigenvalue weighted by Gasteiger charge is 2.38. The van der Waals surface area contributed by atoms with Gasteiger partial charge in [-0.3, -0.25) is 19.7 Å². The molecule has 2 aromatic carbocycles. The van der Waals surface area contributed by atoms with Crippen LogP contribution < -0.4 is 5.32 Å². The number of ether oxygens (including phenoxy) is 1. The minimum Gasteiger partial charge on any atom is -0.480 e. The second kappa shape index (κ2) is 10.4. The first-order valence-electron chi connectivity index (χ1n) is 12.0. The van der Waals surface area contributed by atoms with Crippen LogP contribution in [-0.4, -0.2) is 59.1 Å². The van der Waals surface area contributed by atoms with Gasteiger partial charge in [0, 0.05) is 6.04 Å². The number of aliphatic carboxylic acids is 1. The lowest BCUT2D eigenvalue weighted by Gasteiger charge is -2.32. The molecule has 0 heterocycles. The fourth-order valence-corrected chi connectivity index (χ4v) is 5.34. The van der Waals surface area contributed by atoms with E-state index >= 15 is 0 Å². The SMILES string of the molecule is CCOC(=O)[C@@H](N[C@@H](C)C(=O)N(CC(=O)O)C1Cc2ccccc2C1)C1Cc2ccccc2C1. The summed E-state index contributed by atoms with van der Waals surface area (Å²) in [5.41, 5.74) is 4.70. The molecule has 180 valence electrons. The van der Waals surface area contributed by atoms with Gasteiger partial charge >= 0.3 is 11.9 Å². The van der Waals surface area contributed by atoms with Crippen LogP contribution in [0, 0.1) is 5.92 Å². The van der Waals surface area contributed by atoms with Gasteiger partial charge in [0.1, 0.15) is 12.6 Å². The Morgan fingerprint density at radius 2 is 1.47 bits per heavy atom. The van der Waals surface area contributed by atoms with Crippen LogP contribution in [0.2, 0.25) is 0 Å². The summed E-state index contributed by atoms with van der Waals surface area (Å²) in [6.45, 7) is 3.35. The van der Waals surface area contributed by atoms with Gasteiger partial charge in [-0.05, 0) is 67.7 Å². The first kappa shape index (κ1) is 24.0. The highest BCUT2D eigenvalue weighted by Crippen LogP contribution is 2.30. The zero-order valence-electron chi connectivity index (χ0n) is 19.7. The van der Waals surface area contributed by atoms with E-state index in [4.69, 9.17) is 4.74 Å².